The van der Waals surface area contributed by atoms with Gasteiger partial charge in [0.1, 0.15) is 11.6 Å². The largest absolute Gasteiger partial charge is 0.481 e. The Morgan fingerprint density at radius 1 is 1.02 bits per heavy atom. The fourth-order valence-corrected chi connectivity index (χ4v) is 7.04. The maximum atomic E-state index is 13.8. The first kappa shape index (κ1) is 37.3. The van der Waals surface area contributed by atoms with Crippen molar-refractivity contribution in [3.63, 3.8) is 0 Å². The van der Waals surface area contributed by atoms with Gasteiger partial charge in [-0.15, -0.1) is 0 Å². The minimum Gasteiger partial charge on any atom is -0.481 e. The van der Waals surface area contributed by atoms with Crippen molar-refractivity contribution in [1.82, 2.24) is 10.2 Å². The van der Waals surface area contributed by atoms with Crippen molar-refractivity contribution in [2.45, 2.75) is 56.4 Å². The van der Waals surface area contributed by atoms with E-state index in [1.54, 1.807) is 41.5 Å². The summed E-state index contributed by atoms with van der Waals surface area (Å²) in [6.07, 6.45) is 0.215. The lowest BCUT2D eigenvalue weighted by Gasteiger charge is -2.30. The number of carboxylic acids is 1. The number of aliphatic carboxylic acids is 1. The standard InChI is InChI=1S/C35H32Cl2N2O11S/c1-19(49-30(42)9-8-29(40)41)50-35(45)27(15-20-4-3-5-24(14-20)51(2,46)47)38-33(43)31-26(36)16-23-18-39(12-10-25(23)32(31)37)34(44)22-7-6-21-11-13-48-28(21)17-22/h3-7,11,13-14,16-17,19,27H,8-10,12,15,18H2,1-2H3,(H,38,43)(H,40,41). The van der Waals surface area contributed by atoms with Crippen LogP contribution in [0, 0.1) is 0 Å². The second kappa shape index (κ2) is 15.5. The van der Waals surface area contributed by atoms with Crippen LogP contribution in [0.5, 0.6) is 0 Å². The highest BCUT2D eigenvalue weighted by molar-refractivity contribution is 7.90. The van der Waals surface area contributed by atoms with Crippen molar-refractivity contribution in [3.8, 4) is 0 Å². The Hall–Kier alpha value is -4.92. The third-order valence-corrected chi connectivity index (χ3v) is 9.93. The number of rotatable bonds is 12. The van der Waals surface area contributed by atoms with Crippen molar-refractivity contribution in [1.29, 1.82) is 0 Å². The number of hydrogen-bond acceptors (Lipinski definition) is 10. The molecule has 2 amide bonds. The summed E-state index contributed by atoms with van der Waals surface area (Å²) in [6.45, 7) is 1.69. The molecule has 0 aliphatic carbocycles. The van der Waals surface area contributed by atoms with Crippen LogP contribution in [0.1, 0.15) is 57.2 Å². The maximum absolute atomic E-state index is 13.8. The number of nitrogens with one attached hydrogen (secondary N) is 1. The first-order valence-corrected chi connectivity index (χ1v) is 18.2. The lowest BCUT2D eigenvalue weighted by atomic mass is 9.95. The van der Waals surface area contributed by atoms with Gasteiger partial charge in [0.05, 0.1) is 39.6 Å². The molecular weight excluding hydrogens is 727 g/mol. The second-order valence-electron chi connectivity index (χ2n) is 11.9. The minimum atomic E-state index is -3.61. The van der Waals surface area contributed by atoms with Crippen LogP contribution in [-0.2, 0) is 53.1 Å². The summed E-state index contributed by atoms with van der Waals surface area (Å²) in [6, 6.07) is 12.8. The number of nitrogens with zero attached hydrogens (tertiary/aromatic N) is 1. The SMILES string of the molecule is CC(OC(=O)CCC(=O)O)OC(=O)C(Cc1cccc(S(C)(=O)=O)c1)NC(=O)c1c(Cl)cc2c(c1Cl)CCN(C(=O)c1ccc3ccoc3c1)C2. The van der Waals surface area contributed by atoms with E-state index in [1.807, 2.05) is 0 Å². The van der Waals surface area contributed by atoms with Crippen LogP contribution in [0.2, 0.25) is 10.0 Å². The van der Waals surface area contributed by atoms with Crippen LogP contribution in [0.3, 0.4) is 0 Å². The molecule has 0 saturated carbocycles. The maximum Gasteiger partial charge on any atom is 0.332 e. The van der Waals surface area contributed by atoms with Gasteiger partial charge >= 0.3 is 17.9 Å². The van der Waals surface area contributed by atoms with Gasteiger partial charge in [-0.05, 0) is 59.5 Å². The van der Waals surface area contributed by atoms with Crippen LogP contribution in [0.25, 0.3) is 11.0 Å². The summed E-state index contributed by atoms with van der Waals surface area (Å²) < 4.78 is 40.0. The fraction of sp³-hybridized carbons (Fsp3) is 0.286. The van der Waals surface area contributed by atoms with E-state index < -0.39 is 58.8 Å². The molecule has 51 heavy (non-hydrogen) atoms. The van der Waals surface area contributed by atoms with Gasteiger partial charge in [0.15, 0.2) is 9.84 Å². The zero-order valence-electron chi connectivity index (χ0n) is 27.3. The lowest BCUT2D eigenvalue weighted by Crippen LogP contribution is -2.45. The molecule has 0 radical (unpaired) electrons. The van der Waals surface area contributed by atoms with E-state index in [2.05, 4.69) is 5.32 Å². The van der Waals surface area contributed by atoms with Crippen LogP contribution in [-0.4, -0.2) is 73.3 Å². The molecule has 268 valence electrons. The molecule has 2 heterocycles. The number of fused-ring (bicyclic) bond motifs is 2. The van der Waals surface area contributed by atoms with Crippen LogP contribution < -0.4 is 5.32 Å². The monoisotopic (exact) mass is 758 g/mol. The first-order chi connectivity index (χ1) is 24.1. The summed E-state index contributed by atoms with van der Waals surface area (Å²) >= 11 is 13.4. The smallest absolute Gasteiger partial charge is 0.332 e. The van der Waals surface area contributed by atoms with E-state index in [0.29, 0.717) is 40.8 Å². The van der Waals surface area contributed by atoms with Crippen LogP contribution in [0.15, 0.2) is 70.2 Å². The average molecular weight is 760 g/mol. The molecular formula is C35H32Cl2N2O11S. The van der Waals surface area contributed by atoms with Gasteiger partial charge in [0.2, 0.25) is 6.29 Å². The molecule has 1 aliphatic rings. The van der Waals surface area contributed by atoms with Gasteiger partial charge in [-0.25, -0.2) is 13.2 Å². The summed E-state index contributed by atoms with van der Waals surface area (Å²) in [5.74, 6) is -4.25. The highest BCUT2D eigenvalue weighted by atomic mass is 35.5. The highest BCUT2D eigenvalue weighted by Gasteiger charge is 2.31. The van der Waals surface area contributed by atoms with Gasteiger partial charge in [0, 0.05) is 43.6 Å². The summed E-state index contributed by atoms with van der Waals surface area (Å²) in [7, 11) is -3.61. The first-order valence-electron chi connectivity index (χ1n) is 15.6. The van der Waals surface area contributed by atoms with Crippen LogP contribution in [0.4, 0.5) is 0 Å². The molecule has 0 saturated heterocycles. The number of benzene rings is 3. The van der Waals surface area contributed by atoms with E-state index >= 15 is 0 Å². The molecule has 0 fully saturated rings. The van der Waals surface area contributed by atoms with Crippen molar-refractivity contribution in [3.05, 3.63) is 98.7 Å². The molecule has 0 bridgehead atoms. The quantitative estimate of drug-likeness (QED) is 0.147. The van der Waals surface area contributed by atoms with Gasteiger partial charge in [-0.3, -0.25) is 19.2 Å². The van der Waals surface area contributed by atoms with Crippen molar-refractivity contribution in [2.75, 3.05) is 12.8 Å². The zero-order valence-corrected chi connectivity index (χ0v) is 29.6. The second-order valence-corrected chi connectivity index (χ2v) is 14.7. The van der Waals surface area contributed by atoms with E-state index in [4.69, 9.17) is 42.2 Å². The molecule has 2 unspecified atom stereocenters. The fourth-order valence-electron chi connectivity index (χ4n) is 5.59. The van der Waals surface area contributed by atoms with E-state index in [0.717, 1.165) is 11.6 Å². The third-order valence-electron chi connectivity index (χ3n) is 8.10. The number of carbonyl (C=O) groups is 5. The number of halogens is 2. The third kappa shape index (κ3) is 9.06. The normalized spacial score (nSPS) is 13.9. The Bertz CT molecular complexity index is 2150. The van der Waals surface area contributed by atoms with Gasteiger partial charge in [0.25, 0.3) is 11.8 Å². The predicted octanol–water partition coefficient (Wildman–Crippen LogP) is 4.98. The molecule has 13 nitrogen and oxygen atoms in total. The number of esters is 2. The molecule has 2 N–H and O–H groups in total. The molecule has 2 atom stereocenters. The lowest BCUT2D eigenvalue weighted by molar-refractivity contribution is -0.186. The summed E-state index contributed by atoms with van der Waals surface area (Å²) in [4.78, 5) is 64.9. The predicted molar refractivity (Wildman–Crippen MR) is 184 cm³/mol. The topological polar surface area (TPSA) is 187 Å². The average Bonchev–Trinajstić information content (AvgIpc) is 3.54. The van der Waals surface area contributed by atoms with E-state index in [-0.39, 0.29) is 39.4 Å². The number of carboxylic acid groups (broad SMARTS) is 1. The highest BCUT2D eigenvalue weighted by Crippen LogP contribution is 2.35. The van der Waals surface area contributed by atoms with Crippen molar-refractivity contribution < 1.29 is 51.4 Å². The van der Waals surface area contributed by atoms with Gasteiger partial charge in [-0.1, -0.05) is 41.4 Å². The zero-order chi connectivity index (χ0) is 37.0. The van der Waals surface area contributed by atoms with E-state index in [9.17, 15) is 32.4 Å². The molecule has 4 aromatic rings. The number of hydrogen-bond donors (Lipinski definition) is 2. The molecule has 3 aromatic carbocycles. The van der Waals surface area contributed by atoms with Crippen molar-refractivity contribution in [2.24, 2.45) is 0 Å². The Morgan fingerprint density at radius 2 is 1.78 bits per heavy atom. The molecule has 0 spiro atoms. The number of carbonyl (C=O) groups excluding carboxylic acids is 4. The summed E-state index contributed by atoms with van der Waals surface area (Å²) in [5, 5.41) is 12.2. The van der Waals surface area contributed by atoms with Gasteiger partial charge < -0.3 is 29.2 Å². The van der Waals surface area contributed by atoms with Gasteiger partial charge in [-0.2, -0.15) is 0 Å². The van der Waals surface area contributed by atoms with E-state index in [1.165, 1.54) is 31.2 Å². The Morgan fingerprint density at radius 3 is 2.51 bits per heavy atom. The molecule has 5 rings (SSSR count). The molecule has 16 heteroatoms. The molecule has 1 aliphatic heterocycles. The number of ether oxygens (including phenoxy) is 2. The molecule has 1 aromatic heterocycles. The summed E-state index contributed by atoms with van der Waals surface area (Å²) in [5.41, 5.74) is 2.47. The Balaban J connectivity index is 1.36. The Kier molecular flexibility index (Phi) is 11.4. The number of amides is 2. The number of sulfone groups is 1. The van der Waals surface area contributed by atoms with Crippen LogP contribution >= 0.6 is 23.2 Å². The number of furan rings is 1. The van der Waals surface area contributed by atoms with Crippen molar-refractivity contribution >= 4 is 73.7 Å². The Labute approximate surface area is 302 Å². The minimum absolute atomic E-state index is 0.0195.